The SMILES string of the molecule is C=N/C=C1/C=C2C(=C)NC3(CCCCC3)N2/C1=N/CC. The molecular formula is C16H22N4. The second-order valence-electron chi connectivity index (χ2n) is 5.63. The molecule has 2 aliphatic heterocycles. The Hall–Kier alpha value is -1.84. The zero-order valence-electron chi connectivity index (χ0n) is 12.2. The fourth-order valence-electron chi connectivity index (χ4n) is 3.57. The van der Waals surface area contributed by atoms with E-state index in [0.29, 0.717) is 0 Å². The second kappa shape index (κ2) is 4.93. The number of hydrogen-bond acceptors (Lipinski definition) is 3. The van der Waals surface area contributed by atoms with Gasteiger partial charge in [-0.2, -0.15) is 0 Å². The lowest BCUT2D eigenvalue weighted by Gasteiger charge is -2.41. The Kier molecular flexibility index (Phi) is 3.24. The minimum Gasteiger partial charge on any atom is -0.361 e. The topological polar surface area (TPSA) is 40.0 Å². The molecule has 0 bridgehead atoms. The van der Waals surface area contributed by atoms with E-state index in [1.54, 1.807) is 6.20 Å². The highest BCUT2D eigenvalue weighted by Crippen LogP contribution is 2.45. The first kappa shape index (κ1) is 13.2. The molecule has 0 unspecified atom stereocenters. The molecule has 1 saturated heterocycles. The average Bonchev–Trinajstić information content (AvgIpc) is 2.91. The maximum atomic E-state index is 4.70. The standard InChI is InChI=1S/C16H22N4/c1-4-18-15-13(11-17-3)10-14-12(2)19-16(20(14)15)8-6-5-7-9-16/h10-11,19H,2-9H2,1H3/b13-11-,18-15+. The van der Waals surface area contributed by atoms with Gasteiger partial charge >= 0.3 is 0 Å². The number of amidine groups is 1. The molecule has 3 aliphatic rings. The Morgan fingerprint density at radius 2 is 2.15 bits per heavy atom. The number of nitrogens with one attached hydrogen (secondary N) is 1. The molecule has 1 saturated carbocycles. The molecule has 2 heterocycles. The quantitative estimate of drug-likeness (QED) is 0.784. The van der Waals surface area contributed by atoms with Crippen LogP contribution < -0.4 is 5.32 Å². The Morgan fingerprint density at radius 1 is 1.40 bits per heavy atom. The predicted molar refractivity (Wildman–Crippen MR) is 83.6 cm³/mol. The van der Waals surface area contributed by atoms with Crippen molar-refractivity contribution in [1.29, 1.82) is 0 Å². The third-order valence-corrected chi connectivity index (χ3v) is 4.34. The third kappa shape index (κ3) is 1.82. The van der Waals surface area contributed by atoms with Crippen LogP contribution in [-0.4, -0.2) is 29.7 Å². The fraction of sp³-hybridized carbons (Fsp3) is 0.500. The maximum absolute atomic E-state index is 4.70. The Morgan fingerprint density at radius 3 is 2.80 bits per heavy atom. The summed E-state index contributed by atoms with van der Waals surface area (Å²) in [4.78, 5) is 11.0. The van der Waals surface area contributed by atoms with Crippen LogP contribution in [0.3, 0.4) is 0 Å². The summed E-state index contributed by atoms with van der Waals surface area (Å²) in [5.74, 6) is 1.02. The maximum Gasteiger partial charge on any atom is 0.139 e. The fourth-order valence-corrected chi connectivity index (χ4v) is 3.57. The van der Waals surface area contributed by atoms with E-state index in [1.165, 1.54) is 19.3 Å². The van der Waals surface area contributed by atoms with Gasteiger partial charge in [0, 0.05) is 18.3 Å². The van der Waals surface area contributed by atoms with Gasteiger partial charge in [0.1, 0.15) is 11.5 Å². The minimum atomic E-state index is -0.0219. The molecule has 3 rings (SSSR count). The van der Waals surface area contributed by atoms with Crippen LogP contribution in [0.4, 0.5) is 0 Å². The highest BCUT2D eigenvalue weighted by atomic mass is 15.4. The van der Waals surface area contributed by atoms with Crippen molar-refractivity contribution in [2.24, 2.45) is 9.98 Å². The van der Waals surface area contributed by atoms with Crippen molar-refractivity contribution < 1.29 is 0 Å². The molecule has 0 aromatic carbocycles. The van der Waals surface area contributed by atoms with Crippen LogP contribution in [0, 0.1) is 0 Å². The number of hydrogen-bond donors (Lipinski definition) is 1. The molecule has 1 aliphatic carbocycles. The van der Waals surface area contributed by atoms with Gasteiger partial charge in [0.05, 0.1) is 11.4 Å². The summed E-state index contributed by atoms with van der Waals surface area (Å²) in [5.41, 5.74) is 3.17. The smallest absolute Gasteiger partial charge is 0.139 e. The lowest BCUT2D eigenvalue weighted by molar-refractivity contribution is 0.155. The van der Waals surface area contributed by atoms with E-state index in [1.807, 2.05) is 0 Å². The van der Waals surface area contributed by atoms with Crippen molar-refractivity contribution in [3.8, 4) is 0 Å². The molecule has 4 heteroatoms. The molecule has 0 atom stereocenters. The van der Waals surface area contributed by atoms with Crippen LogP contribution in [0.2, 0.25) is 0 Å². The average molecular weight is 270 g/mol. The van der Waals surface area contributed by atoms with Crippen LogP contribution in [0.5, 0.6) is 0 Å². The Balaban J connectivity index is 2.07. The zero-order valence-corrected chi connectivity index (χ0v) is 12.2. The van der Waals surface area contributed by atoms with E-state index in [9.17, 15) is 0 Å². The van der Waals surface area contributed by atoms with E-state index in [-0.39, 0.29) is 5.66 Å². The summed E-state index contributed by atoms with van der Waals surface area (Å²) in [7, 11) is 0. The van der Waals surface area contributed by atoms with E-state index in [0.717, 1.165) is 42.2 Å². The van der Waals surface area contributed by atoms with E-state index in [4.69, 9.17) is 4.99 Å². The summed E-state index contributed by atoms with van der Waals surface area (Å²) in [6.07, 6.45) is 10.0. The molecule has 4 nitrogen and oxygen atoms in total. The summed E-state index contributed by atoms with van der Waals surface area (Å²) in [6, 6.07) is 0. The number of rotatable bonds is 2. The van der Waals surface area contributed by atoms with Crippen molar-refractivity contribution in [2.75, 3.05) is 6.54 Å². The van der Waals surface area contributed by atoms with Gasteiger partial charge in [-0.1, -0.05) is 13.0 Å². The summed E-state index contributed by atoms with van der Waals surface area (Å²) >= 11 is 0. The van der Waals surface area contributed by atoms with Gasteiger partial charge in [-0.05, 0) is 45.4 Å². The highest BCUT2D eigenvalue weighted by molar-refractivity contribution is 6.06. The predicted octanol–water partition coefficient (Wildman–Crippen LogP) is 2.97. The molecular weight excluding hydrogens is 248 g/mol. The number of fused-ring (bicyclic) bond motifs is 2. The molecule has 106 valence electrons. The van der Waals surface area contributed by atoms with E-state index in [2.05, 4.69) is 41.5 Å². The van der Waals surface area contributed by atoms with Crippen LogP contribution in [0.1, 0.15) is 39.0 Å². The van der Waals surface area contributed by atoms with E-state index >= 15 is 0 Å². The first-order valence-electron chi connectivity index (χ1n) is 7.42. The molecule has 0 amide bonds. The van der Waals surface area contributed by atoms with Gasteiger partial charge in [0.15, 0.2) is 0 Å². The first-order valence-corrected chi connectivity index (χ1v) is 7.42. The first-order chi connectivity index (χ1) is 9.72. The van der Waals surface area contributed by atoms with Crippen molar-refractivity contribution >= 4 is 12.6 Å². The molecule has 2 fully saturated rings. The van der Waals surface area contributed by atoms with Gasteiger partial charge < -0.3 is 10.2 Å². The molecule has 0 radical (unpaired) electrons. The monoisotopic (exact) mass is 270 g/mol. The van der Waals surface area contributed by atoms with Gasteiger partial charge in [-0.15, -0.1) is 0 Å². The molecule has 0 aromatic heterocycles. The van der Waals surface area contributed by atoms with Gasteiger partial charge in [-0.3, -0.25) is 9.98 Å². The normalized spacial score (nSPS) is 27.9. The zero-order chi connectivity index (χ0) is 14.2. The lowest BCUT2D eigenvalue weighted by atomic mass is 9.88. The van der Waals surface area contributed by atoms with Crippen molar-refractivity contribution in [1.82, 2.24) is 10.2 Å². The van der Waals surface area contributed by atoms with Crippen molar-refractivity contribution in [3.05, 3.63) is 35.8 Å². The van der Waals surface area contributed by atoms with Gasteiger partial charge in [0.2, 0.25) is 0 Å². The number of nitrogens with zero attached hydrogens (tertiary/aromatic N) is 3. The summed E-state index contributed by atoms with van der Waals surface area (Å²) < 4.78 is 0. The van der Waals surface area contributed by atoms with Crippen LogP contribution >= 0.6 is 0 Å². The molecule has 0 aromatic rings. The molecule has 20 heavy (non-hydrogen) atoms. The van der Waals surface area contributed by atoms with Crippen molar-refractivity contribution in [2.45, 2.75) is 44.7 Å². The molecule has 1 N–H and O–H groups in total. The third-order valence-electron chi connectivity index (χ3n) is 4.34. The summed E-state index contributed by atoms with van der Waals surface area (Å²) in [6.45, 7) is 10.6. The molecule has 1 spiro atoms. The Bertz CT molecular complexity index is 533. The van der Waals surface area contributed by atoms with Gasteiger partial charge in [-0.25, -0.2) is 0 Å². The largest absolute Gasteiger partial charge is 0.361 e. The highest BCUT2D eigenvalue weighted by Gasteiger charge is 2.50. The Labute approximate surface area is 120 Å². The van der Waals surface area contributed by atoms with E-state index < -0.39 is 0 Å². The van der Waals surface area contributed by atoms with Crippen LogP contribution in [0.25, 0.3) is 0 Å². The minimum absolute atomic E-state index is 0.0219. The van der Waals surface area contributed by atoms with Crippen LogP contribution in [-0.2, 0) is 0 Å². The lowest BCUT2D eigenvalue weighted by Crippen LogP contribution is -2.53. The van der Waals surface area contributed by atoms with Gasteiger partial charge in [0.25, 0.3) is 0 Å². The second-order valence-corrected chi connectivity index (χ2v) is 5.63. The van der Waals surface area contributed by atoms with Crippen molar-refractivity contribution in [3.63, 3.8) is 0 Å². The number of aliphatic imine (C=N–C) groups is 2. The van der Waals surface area contributed by atoms with Crippen LogP contribution in [0.15, 0.2) is 45.8 Å². The summed E-state index contributed by atoms with van der Waals surface area (Å²) in [5, 5.41) is 3.63.